The number of aromatic nitrogens is 1. The van der Waals surface area contributed by atoms with Crippen LogP contribution in [0.2, 0.25) is 10.0 Å². The van der Waals surface area contributed by atoms with Gasteiger partial charge in [0.1, 0.15) is 0 Å². The molecule has 1 heterocycles. The van der Waals surface area contributed by atoms with Gasteiger partial charge in [-0.2, -0.15) is 0 Å². The molecule has 0 aliphatic heterocycles. The molecule has 0 radical (unpaired) electrons. The summed E-state index contributed by atoms with van der Waals surface area (Å²) in [6.45, 7) is 0.769. The van der Waals surface area contributed by atoms with Gasteiger partial charge in [0, 0.05) is 11.3 Å². The lowest BCUT2D eigenvalue weighted by atomic mass is 10.2. The number of likely N-dealkylation sites (N-methyl/N-ethyl adjacent to an activating group) is 1. The fraction of sp³-hybridized carbons (Fsp3) is 0.158. The Morgan fingerprint density at radius 2 is 1.92 bits per heavy atom. The number of anilines is 1. The SMILES string of the molecule is C[NH+](CC(=O)Nc1ccc(Cl)c(Cl)c1)Cc1ncc(-c2ccccc2)o1. The third kappa shape index (κ3) is 4.85. The highest BCUT2D eigenvalue weighted by Crippen LogP contribution is 2.24. The lowest BCUT2D eigenvalue weighted by Crippen LogP contribution is -3.08. The van der Waals surface area contributed by atoms with Crippen LogP contribution in [0.4, 0.5) is 5.69 Å². The molecule has 134 valence electrons. The second-order valence-corrected chi connectivity index (χ2v) is 6.79. The highest BCUT2D eigenvalue weighted by atomic mass is 35.5. The Labute approximate surface area is 161 Å². The molecule has 3 rings (SSSR count). The average molecular weight is 391 g/mol. The summed E-state index contributed by atoms with van der Waals surface area (Å²) in [5.74, 6) is 1.17. The van der Waals surface area contributed by atoms with Gasteiger partial charge in [0.05, 0.1) is 23.3 Å². The molecule has 1 aromatic heterocycles. The van der Waals surface area contributed by atoms with Crippen molar-refractivity contribution < 1.29 is 14.1 Å². The maximum atomic E-state index is 12.2. The molecule has 26 heavy (non-hydrogen) atoms. The summed E-state index contributed by atoms with van der Waals surface area (Å²) in [5, 5.41) is 3.65. The molecular formula is C19H18Cl2N3O2+. The van der Waals surface area contributed by atoms with E-state index in [0.717, 1.165) is 10.5 Å². The number of amides is 1. The van der Waals surface area contributed by atoms with Crippen LogP contribution in [0.25, 0.3) is 11.3 Å². The fourth-order valence-corrected chi connectivity index (χ4v) is 2.80. The van der Waals surface area contributed by atoms with Gasteiger partial charge in [0.2, 0.25) is 0 Å². The first-order chi connectivity index (χ1) is 12.5. The molecule has 0 spiro atoms. The van der Waals surface area contributed by atoms with Crippen LogP contribution < -0.4 is 10.2 Å². The van der Waals surface area contributed by atoms with E-state index in [1.807, 2.05) is 37.4 Å². The van der Waals surface area contributed by atoms with E-state index in [4.69, 9.17) is 27.6 Å². The molecule has 7 heteroatoms. The molecular weight excluding hydrogens is 373 g/mol. The van der Waals surface area contributed by atoms with Crippen LogP contribution in [0.5, 0.6) is 0 Å². The van der Waals surface area contributed by atoms with Crippen LogP contribution in [0.1, 0.15) is 5.89 Å². The zero-order valence-corrected chi connectivity index (χ0v) is 15.6. The van der Waals surface area contributed by atoms with E-state index in [-0.39, 0.29) is 12.5 Å². The normalized spacial score (nSPS) is 12.0. The topological polar surface area (TPSA) is 59.6 Å². The number of carbonyl (C=O) groups excluding carboxylic acids is 1. The van der Waals surface area contributed by atoms with Gasteiger partial charge in [-0.15, -0.1) is 0 Å². The minimum Gasteiger partial charge on any atom is -0.435 e. The Hall–Kier alpha value is -2.34. The minimum atomic E-state index is -0.129. The van der Waals surface area contributed by atoms with Gasteiger partial charge in [0.25, 0.3) is 11.8 Å². The maximum Gasteiger partial charge on any atom is 0.279 e. The molecule has 1 atom stereocenters. The van der Waals surface area contributed by atoms with Crippen LogP contribution in [-0.4, -0.2) is 24.5 Å². The molecule has 0 fully saturated rings. The van der Waals surface area contributed by atoms with E-state index in [2.05, 4.69) is 10.3 Å². The molecule has 5 nitrogen and oxygen atoms in total. The first-order valence-electron chi connectivity index (χ1n) is 8.07. The monoisotopic (exact) mass is 390 g/mol. The molecule has 0 aliphatic carbocycles. The molecule has 0 aliphatic rings. The number of oxazole rings is 1. The minimum absolute atomic E-state index is 0.129. The fourth-order valence-electron chi connectivity index (χ4n) is 2.50. The third-order valence-corrected chi connectivity index (χ3v) is 4.47. The largest absolute Gasteiger partial charge is 0.435 e. The number of hydrogen-bond acceptors (Lipinski definition) is 3. The Bertz CT molecular complexity index is 897. The molecule has 2 aromatic carbocycles. The van der Waals surface area contributed by atoms with Crippen molar-refractivity contribution in [2.45, 2.75) is 6.54 Å². The summed E-state index contributed by atoms with van der Waals surface area (Å²) in [7, 11) is 1.90. The van der Waals surface area contributed by atoms with Gasteiger partial charge in [0.15, 0.2) is 18.8 Å². The van der Waals surface area contributed by atoms with Gasteiger partial charge in [-0.05, 0) is 18.2 Å². The highest BCUT2D eigenvalue weighted by Gasteiger charge is 2.15. The van der Waals surface area contributed by atoms with Crippen LogP contribution in [0.3, 0.4) is 0 Å². The van der Waals surface area contributed by atoms with Crippen molar-refractivity contribution in [2.24, 2.45) is 0 Å². The van der Waals surface area contributed by atoms with Crippen molar-refractivity contribution in [1.29, 1.82) is 0 Å². The van der Waals surface area contributed by atoms with E-state index in [9.17, 15) is 4.79 Å². The number of rotatable bonds is 6. The molecule has 0 bridgehead atoms. The molecule has 2 N–H and O–H groups in total. The summed E-state index contributed by atoms with van der Waals surface area (Å²) in [5.41, 5.74) is 1.58. The summed E-state index contributed by atoms with van der Waals surface area (Å²) in [6, 6.07) is 14.7. The highest BCUT2D eigenvalue weighted by molar-refractivity contribution is 6.42. The maximum absolute atomic E-state index is 12.2. The quantitative estimate of drug-likeness (QED) is 0.678. The van der Waals surface area contributed by atoms with E-state index < -0.39 is 0 Å². The average Bonchev–Trinajstić information content (AvgIpc) is 3.07. The Balaban J connectivity index is 1.55. The van der Waals surface area contributed by atoms with Gasteiger partial charge >= 0.3 is 0 Å². The van der Waals surface area contributed by atoms with Crippen molar-refractivity contribution >= 4 is 34.8 Å². The van der Waals surface area contributed by atoms with Crippen LogP contribution in [0.15, 0.2) is 59.1 Å². The van der Waals surface area contributed by atoms with Crippen molar-refractivity contribution in [1.82, 2.24) is 4.98 Å². The van der Waals surface area contributed by atoms with E-state index >= 15 is 0 Å². The van der Waals surface area contributed by atoms with Crippen molar-refractivity contribution in [3.63, 3.8) is 0 Å². The third-order valence-electron chi connectivity index (χ3n) is 3.73. The predicted molar refractivity (Wildman–Crippen MR) is 102 cm³/mol. The number of carbonyl (C=O) groups is 1. The molecule has 0 saturated heterocycles. The van der Waals surface area contributed by atoms with Crippen molar-refractivity contribution in [3.8, 4) is 11.3 Å². The number of hydrogen-bond donors (Lipinski definition) is 2. The number of benzene rings is 2. The van der Waals surface area contributed by atoms with Gasteiger partial charge in [-0.25, -0.2) is 4.98 Å². The Morgan fingerprint density at radius 3 is 2.65 bits per heavy atom. The lowest BCUT2D eigenvalue weighted by molar-refractivity contribution is -0.886. The van der Waals surface area contributed by atoms with Crippen molar-refractivity contribution in [3.05, 3.63) is 70.7 Å². The smallest absolute Gasteiger partial charge is 0.279 e. The number of halogens is 2. The standard InChI is InChI=1S/C19H17Cl2N3O2/c1-24(11-18(25)23-14-7-8-15(20)16(21)9-14)12-19-22-10-17(26-19)13-5-3-2-4-6-13/h2-10H,11-12H2,1H3,(H,23,25)/p+1. The van der Waals surface area contributed by atoms with E-state index in [1.54, 1.807) is 24.4 Å². The van der Waals surface area contributed by atoms with Gasteiger partial charge in [-0.1, -0.05) is 53.5 Å². The van der Waals surface area contributed by atoms with Crippen LogP contribution in [-0.2, 0) is 11.3 Å². The first-order valence-corrected chi connectivity index (χ1v) is 8.83. The van der Waals surface area contributed by atoms with E-state index in [1.165, 1.54) is 0 Å². The van der Waals surface area contributed by atoms with Gasteiger partial charge < -0.3 is 14.6 Å². The summed E-state index contributed by atoms with van der Waals surface area (Å²) < 4.78 is 5.77. The molecule has 1 unspecified atom stereocenters. The lowest BCUT2D eigenvalue weighted by Gasteiger charge is -2.12. The summed E-state index contributed by atoms with van der Waals surface area (Å²) >= 11 is 11.8. The zero-order chi connectivity index (χ0) is 18.5. The number of quaternary nitrogens is 1. The Morgan fingerprint density at radius 1 is 1.15 bits per heavy atom. The second-order valence-electron chi connectivity index (χ2n) is 5.97. The van der Waals surface area contributed by atoms with E-state index in [0.29, 0.717) is 33.9 Å². The second kappa shape index (κ2) is 8.36. The first kappa shape index (κ1) is 18.5. The molecule has 3 aromatic rings. The Kier molecular flexibility index (Phi) is 5.93. The molecule has 1 amide bonds. The van der Waals surface area contributed by atoms with Gasteiger partial charge in [-0.3, -0.25) is 4.79 Å². The summed E-state index contributed by atoms with van der Waals surface area (Å²) in [6.07, 6.45) is 1.70. The van der Waals surface area contributed by atoms with Crippen molar-refractivity contribution in [2.75, 3.05) is 18.9 Å². The molecule has 0 saturated carbocycles. The number of nitrogens with one attached hydrogen (secondary N) is 2. The zero-order valence-electron chi connectivity index (χ0n) is 14.1. The number of nitrogens with zero attached hydrogens (tertiary/aromatic N) is 1. The summed E-state index contributed by atoms with van der Waals surface area (Å²) in [4.78, 5) is 17.4. The predicted octanol–water partition coefficient (Wildman–Crippen LogP) is 3.30. The van der Waals surface area contributed by atoms with Crippen LogP contribution >= 0.6 is 23.2 Å². The van der Waals surface area contributed by atoms with Crippen LogP contribution in [0, 0.1) is 0 Å².